The van der Waals surface area contributed by atoms with E-state index in [4.69, 9.17) is 14.5 Å². The van der Waals surface area contributed by atoms with E-state index in [1.807, 2.05) is 36.4 Å². The molecule has 2 aromatic carbocycles. The Labute approximate surface area is 253 Å². The number of thiophene rings is 1. The molecule has 1 amide bonds. The minimum Gasteiger partial charge on any atom is -0.467 e. The highest BCUT2D eigenvalue weighted by molar-refractivity contribution is 9.11. The Morgan fingerprint density at radius 1 is 1.02 bits per heavy atom. The van der Waals surface area contributed by atoms with Gasteiger partial charge in [0.1, 0.15) is 17.2 Å². The van der Waals surface area contributed by atoms with Crippen LogP contribution in [0.15, 0.2) is 64.5 Å². The van der Waals surface area contributed by atoms with Crippen LogP contribution in [0.25, 0.3) is 10.8 Å². The van der Waals surface area contributed by atoms with Crippen molar-refractivity contribution in [3.8, 4) is 11.5 Å². The smallest absolute Gasteiger partial charge is 0.333 e. The average Bonchev–Trinajstić information content (AvgIpc) is 3.62. The predicted octanol–water partition coefficient (Wildman–Crippen LogP) is 8.53. The third-order valence-corrected chi connectivity index (χ3v) is 9.31. The van der Waals surface area contributed by atoms with E-state index in [0.29, 0.717) is 10.8 Å². The molecule has 8 heteroatoms. The Bertz CT molecular complexity index is 1550. The molecule has 6 nitrogen and oxygen atoms in total. The maximum absolute atomic E-state index is 13.5. The van der Waals surface area contributed by atoms with E-state index < -0.39 is 17.9 Å². The van der Waals surface area contributed by atoms with Crippen LogP contribution in [0, 0.1) is 5.92 Å². The molecular formula is C33H35BrN2O4S. The maximum atomic E-state index is 13.5. The second-order valence-corrected chi connectivity index (χ2v) is 14.1. The van der Waals surface area contributed by atoms with Gasteiger partial charge in [0.15, 0.2) is 6.04 Å². The highest BCUT2D eigenvalue weighted by Crippen LogP contribution is 2.34. The summed E-state index contributed by atoms with van der Waals surface area (Å²) in [6.45, 7) is 6.57. The van der Waals surface area contributed by atoms with Crippen LogP contribution in [0.1, 0.15) is 79.1 Å². The molecule has 0 radical (unpaired) electrons. The number of hydrogen-bond acceptors (Lipinski definition) is 6. The highest BCUT2D eigenvalue weighted by Gasteiger charge is 2.27. The summed E-state index contributed by atoms with van der Waals surface area (Å²) in [6.07, 6.45) is 5.55. The molecule has 0 saturated heterocycles. The predicted molar refractivity (Wildman–Crippen MR) is 167 cm³/mol. The zero-order chi connectivity index (χ0) is 29.1. The second kappa shape index (κ2) is 12.3. The third kappa shape index (κ3) is 6.99. The van der Waals surface area contributed by atoms with Gasteiger partial charge >= 0.3 is 5.97 Å². The first-order chi connectivity index (χ1) is 19.6. The van der Waals surface area contributed by atoms with Crippen LogP contribution in [0.5, 0.6) is 11.5 Å². The normalized spacial score (nSPS) is 14.7. The lowest BCUT2D eigenvalue weighted by atomic mass is 9.87. The summed E-state index contributed by atoms with van der Waals surface area (Å²) in [5.41, 5.74) is 2.48. The van der Waals surface area contributed by atoms with Crippen molar-refractivity contribution in [2.45, 2.75) is 64.3 Å². The first-order valence-electron chi connectivity index (χ1n) is 14.0. The zero-order valence-electron chi connectivity index (χ0n) is 23.8. The number of aromatic nitrogens is 1. The van der Waals surface area contributed by atoms with E-state index in [1.165, 1.54) is 36.9 Å². The molecule has 1 N–H and O–H groups in total. The molecule has 214 valence electrons. The van der Waals surface area contributed by atoms with Crippen LogP contribution in [0.4, 0.5) is 0 Å². The number of rotatable bonds is 8. The van der Waals surface area contributed by atoms with Gasteiger partial charge in [-0.2, -0.15) is 0 Å². The number of amides is 1. The van der Waals surface area contributed by atoms with Gasteiger partial charge in [-0.25, -0.2) is 9.78 Å². The Kier molecular flexibility index (Phi) is 8.80. The van der Waals surface area contributed by atoms with Gasteiger partial charge in [0.05, 0.1) is 10.9 Å². The number of nitrogens with one attached hydrogen (secondary N) is 1. The van der Waals surface area contributed by atoms with Crippen molar-refractivity contribution in [2.75, 3.05) is 7.11 Å². The molecule has 0 bridgehead atoms. The number of esters is 1. The minimum absolute atomic E-state index is 0.0732. The van der Waals surface area contributed by atoms with Gasteiger partial charge in [-0.3, -0.25) is 4.79 Å². The van der Waals surface area contributed by atoms with E-state index in [-0.39, 0.29) is 11.1 Å². The first kappa shape index (κ1) is 29.3. The van der Waals surface area contributed by atoms with Gasteiger partial charge in [-0.05, 0) is 87.1 Å². The number of fused-ring (bicyclic) bond motifs is 1. The Balaban J connectivity index is 1.46. The van der Waals surface area contributed by atoms with E-state index in [0.717, 1.165) is 51.0 Å². The minimum atomic E-state index is -0.917. The number of hydrogen-bond donors (Lipinski definition) is 1. The fourth-order valence-electron chi connectivity index (χ4n) is 5.33. The first-order valence-corrected chi connectivity index (χ1v) is 15.6. The molecule has 1 atom stereocenters. The number of pyridine rings is 1. The molecule has 1 aliphatic carbocycles. The Morgan fingerprint density at radius 3 is 2.37 bits per heavy atom. The summed E-state index contributed by atoms with van der Waals surface area (Å²) >= 11 is 4.80. The van der Waals surface area contributed by atoms with Crippen molar-refractivity contribution in [3.63, 3.8) is 0 Å². The number of benzene rings is 2. The van der Waals surface area contributed by atoms with Crippen LogP contribution in [-0.2, 0) is 21.4 Å². The quantitative estimate of drug-likeness (QED) is 0.197. The van der Waals surface area contributed by atoms with Crippen molar-refractivity contribution in [2.24, 2.45) is 5.92 Å². The van der Waals surface area contributed by atoms with Gasteiger partial charge in [-0.1, -0.05) is 64.7 Å². The van der Waals surface area contributed by atoms with Crippen LogP contribution in [0.3, 0.4) is 0 Å². The molecule has 2 aromatic heterocycles. The molecule has 1 unspecified atom stereocenters. The SMILES string of the molecule is COC(=O)C(NC(=O)c1cc2ccc(Oc3ccc(C(C)(C)C)cc3)cc2c(CC2CCCC2)n1)c1ccc(Br)s1. The number of nitrogens with zero attached hydrogens (tertiary/aromatic N) is 1. The van der Waals surface area contributed by atoms with Gasteiger partial charge in [0.25, 0.3) is 5.91 Å². The zero-order valence-corrected chi connectivity index (χ0v) is 26.2. The molecule has 2 heterocycles. The standard InChI is InChI=1S/C33H35BrN2O4S/c1-33(2,3)22-10-13-23(14-11-22)40-24-12-9-21-18-27(35-26(25(21)19-24)17-20-7-5-6-8-20)31(37)36-30(32(38)39-4)28-15-16-29(34)41-28/h9-16,18-20,30H,5-8,17H2,1-4H3,(H,36,37). The number of halogens is 1. The number of carbonyl (C=O) groups excluding carboxylic acids is 2. The Hall–Kier alpha value is -3.23. The van der Waals surface area contributed by atoms with E-state index >= 15 is 0 Å². The molecule has 0 aliphatic heterocycles. The fraction of sp³-hybridized carbons (Fsp3) is 0.364. The molecule has 1 saturated carbocycles. The molecule has 5 rings (SSSR count). The number of carbonyl (C=O) groups is 2. The van der Waals surface area contributed by atoms with Crippen molar-refractivity contribution < 1.29 is 19.1 Å². The lowest BCUT2D eigenvalue weighted by Gasteiger charge is -2.19. The van der Waals surface area contributed by atoms with E-state index in [2.05, 4.69) is 54.2 Å². The molecule has 41 heavy (non-hydrogen) atoms. The van der Waals surface area contributed by atoms with Crippen molar-refractivity contribution in [1.29, 1.82) is 0 Å². The summed E-state index contributed by atoms with van der Waals surface area (Å²) in [7, 11) is 1.32. The molecule has 1 aliphatic rings. The summed E-state index contributed by atoms with van der Waals surface area (Å²) in [5, 5.41) is 4.73. The lowest BCUT2D eigenvalue weighted by molar-refractivity contribution is -0.143. The maximum Gasteiger partial charge on any atom is 0.333 e. The van der Waals surface area contributed by atoms with E-state index in [1.54, 1.807) is 12.1 Å². The van der Waals surface area contributed by atoms with Crippen LogP contribution in [0.2, 0.25) is 0 Å². The third-order valence-electron chi connectivity index (χ3n) is 7.62. The number of methoxy groups -OCH3 is 1. The average molecular weight is 636 g/mol. The highest BCUT2D eigenvalue weighted by atomic mass is 79.9. The van der Waals surface area contributed by atoms with Gasteiger partial charge in [0, 0.05) is 16.0 Å². The van der Waals surface area contributed by atoms with Gasteiger partial charge < -0.3 is 14.8 Å². The monoisotopic (exact) mass is 634 g/mol. The van der Waals surface area contributed by atoms with Crippen molar-refractivity contribution in [3.05, 3.63) is 86.3 Å². The molecular weight excluding hydrogens is 600 g/mol. The van der Waals surface area contributed by atoms with Crippen LogP contribution >= 0.6 is 27.3 Å². The molecule has 4 aromatic rings. The summed E-state index contributed by atoms with van der Waals surface area (Å²) < 4.78 is 12.1. The summed E-state index contributed by atoms with van der Waals surface area (Å²) in [5.74, 6) is 1.08. The summed E-state index contributed by atoms with van der Waals surface area (Å²) in [6, 6.07) is 18.6. The number of ether oxygens (including phenoxy) is 2. The van der Waals surface area contributed by atoms with Crippen LogP contribution in [-0.4, -0.2) is 24.0 Å². The molecule has 1 fully saturated rings. The van der Waals surface area contributed by atoms with Gasteiger partial charge in [-0.15, -0.1) is 11.3 Å². The van der Waals surface area contributed by atoms with Crippen molar-refractivity contribution >= 4 is 49.9 Å². The van der Waals surface area contributed by atoms with Crippen LogP contribution < -0.4 is 10.1 Å². The summed E-state index contributed by atoms with van der Waals surface area (Å²) in [4.78, 5) is 31.6. The fourth-order valence-corrected chi connectivity index (χ4v) is 6.79. The topological polar surface area (TPSA) is 77.5 Å². The second-order valence-electron chi connectivity index (χ2n) is 11.6. The van der Waals surface area contributed by atoms with Gasteiger partial charge in [0.2, 0.25) is 0 Å². The van der Waals surface area contributed by atoms with Crippen molar-refractivity contribution in [1.82, 2.24) is 10.3 Å². The molecule has 0 spiro atoms. The Morgan fingerprint density at radius 2 is 1.73 bits per heavy atom. The van der Waals surface area contributed by atoms with E-state index in [9.17, 15) is 9.59 Å². The lowest BCUT2D eigenvalue weighted by Crippen LogP contribution is -2.34. The largest absolute Gasteiger partial charge is 0.467 e.